The number of benzene rings is 1. The third kappa shape index (κ3) is 4.32. The van der Waals surface area contributed by atoms with E-state index in [0.29, 0.717) is 16.2 Å². The number of rotatable bonds is 7. The monoisotopic (exact) mass is 356 g/mol. The molecule has 2 N–H and O–H groups in total. The van der Waals surface area contributed by atoms with Crippen molar-refractivity contribution >= 4 is 48.9 Å². The molecular weight excluding hydrogens is 340 g/mol. The molecule has 10 heteroatoms. The summed E-state index contributed by atoms with van der Waals surface area (Å²) >= 11 is 1.22. The summed E-state index contributed by atoms with van der Waals surface area (Å²) in [5, 5.41) is 5.46. The Morgan fingerprint density at radius 3 is 2.83 bits per heavy atom. The number of hydrogen-bond donors (Lipinski definition) is 2. The first-order valence-electron chi connectivity index (χ1n) is 6.60. The van der Waals surface area contributed by atoms with E-state index in [2.05, 4.69) is 15.6 Å². The van der Waals surface area contributed by atoms with E-state index < -0.39 is 15.9 Å². The fourth-order valence-electron chi connectivity index (χ4n) is 1.82. The number of hydrogen-bond acceptors (Lipinski definition) is 7. The van der Waals surface area contributed by atoms with Crippen LogP contribution in [0.2, 0.25) is 0 Å². The molecule has 0 saturated heterocycles. The van der Waals surface area contributed by atoms with Crippen molar-refractivity contribution in [3.8, 4) is 0 Å². The van der Waals surface area contributed by atoms with Gasteiger partial charge in [0.15, 0.2) is 5.13 Å². The lowest BCUT2D eigenvalue weighted by molar-refractivity contribution is -0.116. The second-order valence-electron chi connectivity index (χ2n) is 4.78. The predicted molar refractivity (Wildman–Crippen MR) is 89.1 cm³/mol. The number of anilines is 1. The van der Waals surface area contributed by atoms with Gasteiger partial charge in [-0.15, -0.1) is 0 Å². The molecule has 0 atom stereocenters. The van der Waals surface area contributed by atoms with Crippen molar-refractivity contribution in [1.29, 1.82) is 0 Å². The zero-order valence-electron chi connectivity index (χ0n) is 12.6. The average Bonchev–Trinajstić information content (AvgIpc) is 2.87. The summed E-state index contributed by atoms with van der Waals surface area (Å²) in [7, 11) is -0.677. The number of likely N-dealkylation sites (N-methyl/N-ethyl adjacent to an activating group) is 1. The number of thiazole rings is 1. The first-order valence-corrected chi connectivity index (χ1v) is 9.02. The van der Waals surface area contributed by atoms with Crippen LogP contribution in [0.15, 0.2) is 18.2 Å². The summed E-state index contributed by atoms with van der Waals surface area (Å²) in [6.45, 7) is -0.306. The van der Waals surface area contributed by atoms with Crippen LogP contribution in [0.25, 0.3) is 10.2 Å². The predicted octanol–water partition coefficient (Wildman–Crippen LogP) is 0.486. The summed E-state index contributed by atoms with van der Waals surface area (Å²) in [6.07, 6.45) is 0.735. The minimum Gasteiger partial charge on any atom is -0.306 e. The number of nitrogens with zero attached hydrogens (tertiary/aromatic N) is 2. The number of sulfonamides is 1. The first kappa shape index (κ1) is 17.5. The second-order valence-corrected chi connectivity index (χ2v) is 7.88. The van der Waals surface area contributed by atoms with Crippen molar-refractivity contribution in [2.24, 2.45) is 0 Å². The van der Waals surface area contributed by atoms with E-state index in [0.717, 1.165) is 15.3 Å². The number of aromatic nitrogens is 1. The Balaban J connectivity index is 2.07. The van der Waals surface area contributed by atoms with Gasteiger partial charge in [-0.2, -0.15) is 4.31 Å². The van der Waals surface area contributed by atoms with Gasteiger partial charge in [-0.05, 0) is 25.2 Å². The second kappa shape index (κ2) is 7.13. The molecule has 0 unspecified atom stereocenters. The summed E-state index contributed by atoms with van der Waals surface area (Å²) in [4.78, 5) is 26.9. The van der Waals surface area contributed by atoms with Gasteiger partial charge < -0.3 is 10.6 Å². The minimum absolute atomic E-state index is 0.244. The number of nitrogens with one attached hydrogen (secondary N) is 2. The lowest BCUT2D eigenvalue weighted by Crippen LogP contribution is -2.38. The Kier molecular flexibility index (Phi) is 5.42. The molecule has 1 heterocycles. The fraction of sp³-hybridized carbons (Fsp3) is 0.308. The number of carbonyl (C=O) groups is 2. The third-order valence-corrected chi connectivity index (χ3v) is 5.63. The van der Waals surface area contributed by atoms with Crippen molar-refractivity contribution in [2.75, 3.05) is 31.8 Å². The molecule has 8 nitrogen and oxygen atoms in total. The normalized spacial score (nSPS) is 11.8. The first-order chi connectivity index (χ1) is 10.9. The summed E-state index contributed by atoms with van der Waals surface area (Å²) in [6, 6.07) is 5.01. The van der Waals surface area contributed by atoms with Crippen LogP contribution in [0.5, 0.6) is 0 Å². The SMILES string of the molecule is CNCS(=O)(=O)N(C)CC(=O)Nc1nc2ccc(C=O)cc2s1. The van der Waals surface area contributed by atoms with Crippen LogP contribution in [0, 0.1) is 0 Å². The van der Waals surface area contributed by atoms with Crippen LogP contribution in [0.1, 0.15) is 10.4 Å². The van der Waals surface area contributed by atoms with Gasteiger partial charge in [0.05, 0.1) is 16.8 Å². The molecule has 0 aliphatic rings. The van der Waals surface area contributed by atoms with E-state index in [1.165, 1.54) is 25.4 Å². The van der Waals surface area contributed by atoms with Gasteiger partial charge in [-0.25, -0.2) is 13.4 Å². The molecular formula is C13H16N4O4S2. The maximum absolute atomic E-state index is 11.9. The third-order valence-electron chi connectivity index (χ3n) is 2.96. The van der Waals surface area contributed by atoms with Gasteiger partial charge in [-0.1, -0.05) is 11.3 Å². The molecule has 1 amide bonds. The Hall–Kier alpha value is -1.88. The van der Waals surface area contributed by atoms with Crippen molar-refractivity contribution in [1.82, 2.24) is 14.6 Å². The van der Waals surface area contributed by atoms with Crippen molar-refractivity contribution in [3.05, 3.63) is 23.8 Å². The molecule has 0 aliphatic carbocycles. The van der Waals surface area contributed by atoms with Crippen LogP contribution in [-0.4, -0.2) is 56.4 Å². The smallest absolute Gasteiger partial charge is 0.241 e. The lowest BCUT2D eigenvalue weighted by atomic mass is 10.2. The molecule has 0 radical (unpaired) electrons. The van der Waals surface area contributed by atoms with Crippen LogP contribution in [0.4, 0.5) is 5.13 Å². The minimum atomic E-state index is -3.53. The van der Waals surface area contributed by atoms with Crippen molar-refractivity contribution in [3.63, 3.8) is 0 Å². The van der Waals surface area contributed by atoms with Gasteiger partial charge in [0, 0.05) is 12.6 Å². The Labute approximate surface area is 137 Å². The molecule has 0 aliphatic heterocycles. The van der Waals surface area contributed by atoms with Gasteiger partial charge in [0.2, 0.25) is 15.9 Å². The van der Waals surface area contributed by atoms with E-state index in [4.69, 9.17) is 0 Å². The summed E-state index contributed by atoms with van der Waals surface area (Å²) in [5.74, 6) is -0.728. The lowest BCUT2D eigenvalue weighted by Gasteiger charge is -2.15. The highest BCUT2D eigenvalue weighted by atomic mass is 32.2. The van der Waals surface area contributed by atoms with Gasteiger partial charge in [0.1, 0.15) is 12.2 Å². The van der Waals surface area contributed by atoms with Gasteiger partial charge in [-0.3, -0.25) is 9.59 Å². The van der Waals surface area contributed by atoms with Crippen LogP contribution in [-0.2, 0) is 14.8 Å². The number of amides is 1. The zero-order valence-corrected chi connectivity index (χ0v) is 14.2. The van der Waals surface area contributed by atoms with Gasteiger partial charge >= 0.3 is 0 Å². The molecule has 0 bridgehead atoms. The number of fused-ring (bicyclic) bond motifs is 1. The Morgan fingerprint density at radius 1 is 1.43 bits per heavy atom. The molecule has 1 aromatic heterocycles. The average molecular weight is 356 g/mol. The van der Waals surface area contributed by atoms with Crippen molar-refractivity contribution < 1.29 is 18.0 Å². The molecule has 1 aromatic carbocycles. The summed E-state index contributed by atoms with van der Waals surface area (Å²) in [5.41, 5.74) is 1.18. The quantitative estimate of drug-likeness (QED) is 0.699. The Morgan fingerprint density at radius 2 is 2.17 bits per heavy atom. The summed E-state index contributed by atoms with van der Waals surface area (Å²) < 4.78 is 25.3. The highest BCUT2D eigenvalue weighted by Gasteiger charge is 2.20. The Bertz CT molecular complexity index is 832. The largest absolute Gasteiger partial charge is 0.306 e. The zero-order chi connectivity index (χ0) is 17.0. The molecule has 0 spiro atoms. The topological polar surface area (TPSA) is 108 Å². The van der Waals surface area contributed by atoms with E-state index in [9.17, 15) is 18.0 Å². The molecule has 0 saturated carbocycles. The number of aldehydes is 1. The standard InChI is InChI=1S/C13H16N4O4S2/c1-14-8-23(20,21)17(2)6-12(19)16-13-15-10-4-3-9(7-18)5-11(10)22-13/h3-5,7,14H,6,8H2,1-2H3,(H,15,16,19). The highest BCUT2D eigenvalue weighted by Crippen LogP contribution is 2.26. The van der Waals surface area contributed by atoms with Crippen molar-refractivity contribution in [2.45, 2.75) is 0 Å². The highest BCUT2D eigenvalue weighted by molar-refractivity contribution is 7.89. The van der Waals surface area contributed by atoms with E-state index in [1.54, 1.807) is 18.2 Å². The van der Waals surface area contributed by atoms with Crippen LogP contribution >= 0.6 is 11.3 Å². The fourth-order valence-corrected chi connectivity index (χ4v) is 3.65. The van der Waals surface area contributed by atoms with Crippen LogP contribution < -0.4 is 10.6 Å². The van der Waals surface area contributed by atoms with Gasteiger partial charge in [0.25, 0.3) is 0 Å². The molecule has 23 heavy (non-hydrogen) atoms. The molecule has 124 valence electrons. The molecule has 2 aromatic rings. The maximum Gasteiger partial charge on any atom is 0.241 e. The number of carbonyl (C=O) groups excluding carboxylic acids is 2. The van der Waals surface area contributed by atoms with E-state index in [-0.39, 0.29) is 12.4 Å². The van der Waals surface area contributed by atoms with E-state index in [1.807, 2.05) is 0 Å². The van der Waals surface area contributed by atoms with Crippen LogP contribution in [0.3, 0.4) is 0 Å². The molecule has 2 rings (SSSR count). The maximum atomic E-state index is 11.9. The molecule has 0 fully saturated rings. The van der Waals surface area contributed by atoms with E-state index >= 15 is 0 Å².